The van der Waals surface area contributed by atoms with Gasteiger partial charge in [0.25, 0.3) is 0 Å². The Morgan fingerprint density at radius 1 is 1.21 bits per heavy atom. The average molecular weight is 411 g/mol. The van der Waals surface area contributed by atoms with Crippen LogP contribution < -0.4 is 10.1 Å². The predicted octanol–water partition coefficient (Wildman–Crippen LogP) is 3.27. The number of para-hydroxylation sites is 1. The first-order valence-electron chi connectivity index (χ1n) is 9.62. The van der Waals surface area contributed by atoms with Crippen molar-refractivity contribution in [2.24, 2.45) is 0 Å². The number of methoxy groups -OCH3 is 1. The third kappa shape index (κ3) is 3.57. The topological polar surface area (TPSA) is 89.5 Å². The highest BCUT2D eigenvalue weighted by atomic mass is 32.1. The molecule has 1 N–H and O–H groups in total. The number of fused-ring (bicyclic) bond motifs is 1. The highest BCUT2D eigenvalue weighted by molar-refractivity contribution is 7.22. The largest absolute Gasteiger partial charge is 0.473 e. The van der Waals surface area contributed by atoms with Crippen LogP contribution in [0.1, 0.15) is 24.5 Å². The molecule has 1 amide bonds. The molecule has 1 aliphatic carbocycles. The number of nitrogens with one attached hydrogen (secondary N) is 1. The summed E-state index contributed by atoms with van der Waals surface area (Å²) in [6, 6.07) is 8.50. The molecule has 150 valence electrons. The fraction of sp³-hybridized carbons (Fsp3) is 0.400. The maximum absolute atomic E-state index is 11.6. The van der Waals surface area contributed by atoms with Crippen LogP contribution in [0, 0.1) is 0 Å². The van der Waals surface area contributed by atoms with Crippen LogP contribution in [0.2, 0.25) is 0 Å². The molecule has 2 aromatic heterocycles. The summed E-state index contributed by atoms with van der Waals surface area (Å²) in [6.07, 6.45) is 4.90. The van der Waals surface area contributed by atoms with Crippen molar-refractivity contribution >= 4 is 32.8 Å². The lowest BCUT2D eigenvalue weighted by Gasteiger charge is -2.39. The molecule has 0 spiro atoms. The summed E-state index contributed by atoms with van der Waals surface area (Å²) in [5.74, 6) is 0.708. The lowest BCUT2D eigenvalue weighted by molar-refractivity contribution is 0.0794. The van der Waals surface area contributed by atoms with Gasteiger partial charge in [-0.25, -0.2) is 14.8 Å². The lowest BCUT2D eigenvalue weighted by atomic mass is 9.89. The number of thiazole rings is 1. The van der Waals surface area contributed by atoms with Crippen molar-refractivity contribution in [1.29, 1.82) is 0 Å². The average Bonchev–Trinajstić information content (AvgIpc) is 3.08. The summed E-state index contributed by atoms with van der Waals surface area (Å²) in [5, 5.41) is 4.45. The SMILES string of the molecule is COC(=O)N1CC(c2nccnc2OC2CC(Nc3nc4ccccc4s3)C2)C1. The molecule has 8 nitrogen and oxygen atoms in total. The molecule has 0 radical (unpaired) electrons. The van der Waals surface area contributed by atoms with Crippen LogP contribution >= 0.6 is 11.3 Å². The van der Waals surface area contributed by atoms with Gasteiger partial charge < -0.3 is 19.7 Å². The van der Waals surface area contributed by atoms with E-state index in [-0.39, 0.29) is 18.1 Å². The number of carbonyl (C=O) groups is 1. The first-order valence-corrected chi connectivity index (χ1v) is 10.4. The van der Waals surface area contributed by atoms with Crippen LogP contribution in [-0.4, -0.2) is 58.3 Å². The van der Waals surface area contributed by atoms with Crippen LogP contribution in [0.15, 0.2) is 36.7 Å². The Balaban J connectivity index is 1.16. The van der Waals surface area contributed by atoms with Crippen LogP contribution in [0.5, 0.6) is 5.88 Å². The van der Waals surface area contributed by atoms with E-state index in [1.807, 2.05) is 18.2 Å². The molecule has 1 saturated heterocycles. The van der Waals surface area contributed by atoms with E-state index in [2.05, 4.69) is 26.3 Å². The van der Waals surface area contributed by atoms with Gasteiger partial charge in [-0.3, -0.25) is 4.98 Å². The molecule has 3 aromatic rings. The number of rotatable bonds is 5. The second kappa shape index (κ2) is 7.47. The summed E-state index contributed by atoms with van der Waals surface area (Å²) in [6.45, 7) is 1.16. The number of ether oxygens (including phenoxy) is 2. The van der Waals surface area contributed by atoms with Crippen molar-refractivity contribution in [2.75, 3.05) is 25.5 Å². The third-order valence-corrected chi connectivity index (χ3v) is 6.35. The first kappa shape index (κ1) is 18.1. The summed E-state index contributed by atoms with van der Waals surface area (Å²) >= 11 is 1.67. The highest BCUT2D eigenvalue weighted by Gasteiger charge is 2.37. The van der Waals surface area contributed by atoms with Gasteiger partial charge in [0.2, 0.25) is 5.88 Å². The Kier molecular flexibility index (Phi) is 4.67. The summed E-state index contributed by atoms with van der Waals surface area (Å²) in [5.41, 5.74) is 1.84. The Bertz CT molecular complexity index is 997. The second-order valence-electron chi connectivity index (χ2n) is 7.36. The van der Waals surface area contributed by atoms with Gasteiger partial charge in [0.05, 0.1) is 17.3 Å². The highest BCUT2D eigenvalue weighted by Crippen LogP contribution is 2.35. The number of hydrogen-bond acceptors (Lipinski definition) is 8. The molecule has 0 unspecified atom stereocenters. The Hall–Kier alpha value is -2.94. The lowest BCUT2D eigenvalue weighted by Crippen LogP contribution is -2.49. The number of anilines is 1. The number of hydrogen-bond donors (Lipinski definition) is 1. The van der Waals surface area contributed by atoms with Crippen molar-refractivity contribution in [3.8, 4) is 5.88 Å². The number of nitrogens with zero attached hydrogens (tertiary/aromatic N) is 4. The number of benzene rings is 1. The Morgan fingerprint density at radius 2 is 2.00 bits per heavy atom. The van der Waals surface area contributed by atoms with E-state index >= 15 is 0 Å². The van der Waals surface area contributed by atoms with Crippen molar-refractivity contribution in [3.63, 3.8) is 0 Å². The maximum Gasteiger partial charge on any atom is 0.409 e. The zero-order chi connectivity index (χ0) is 19.8. The minimum absolute atomic E-state index is 0.106. The van der Waals surface area contributed by atoms with E-state index in [1.165, 1.54) is 11.8 Å². The Labute approximate surface area is 171 Å². The van der Waals surface area contributed by atoms with Gasteiger partial charge in [0.15, 0.2) is 5.13 Å². The van der Waals surface area contributed by atoms with Gasteiger partial charge in [-0.15, -0.1) is 0 Å². The van der Waals surface area contributed by atoms with Gasteiger partial charge in [-0.05, 0) is 12.1 Å². The zero-order valence-corrected chi connectivity index (χ0v) is 16.8. The molecule has 1 aliphatic heterocycles. The fourth-order valence-corrected chi connectivity index (χ4v) is 4.63. The molecule has 3 heterocycles. The monoisotopic (exact) mass is 411 g/mol. The summed E-state index contributed by atoms with van der Waals surface area (Å²) in [4.78, 5) is 26.7. The molecule has 2 aliphatic rings. The van der Waals surface area contributed by atoms with E-state index < -0.39 is 0 Å². The van der Waals surface area contributed by atoms with Crippen molar-refractivity contribution in [2.45, 2.75) is 30.9 Å². The standard InChI is InChI=1S/C20H21N5O3S/c1-27-20(26)25-10-12(11-25)17-18(22-7-6-21-17)28-14-8-13(9-14)23-19-24-15-4-2-3-5-16(15)29-19/h2-7,12-14H,8-11H2,1H3,(H,23,24). The van der Waals surface area contributed by atoms with Crippen molar-refractivity contribution in [1.82, 2.24) is 19.9 Å². The van der Waals surface area contributed by atoms with E-state index in [9.17, 15) is 4.79 Å². The second-order valence-corrected chi connectivity index (χ2v) is 8.39. The molecule has 0 atom stereocenters. The van der Waals surface area contributed by atoms with Gasteiger partial charge >= 0.3 is 6.09 Å². The minimum atomic E-state index is -0.310. The summed E-state index contributed by atoms with van der Waals surface area (Å²) < 4.78 is 12.1. The van der Waals surface area contributed by atoms with Gasteiger partial charge in [0.1, 0.15) is 11.8 Å². The third-order valence-electron chi connectivity index (χ3n) is 5.39. The van der Waals surface area contributed by atoms with Crippen LogP contribution in [0.4, 0.5) is 9.93 Å². The van der Waals surface area contributed by atoms with Gasteiger partial charge in [-0.2, -0.15) is 0 Å². The minimum Gasteiger partial charge on any atom is -0.473 e. The normalized spacial score (nSPS) is 21.3. The molecule has 2 fully saturated rings. The molecular weight excluding hydrogens is 390 g/mol. The molecule has 1 saturated carbocycles. The van der Waals surface area contributed by atoms with Gasteiger partial charge in [-0.1, -0.05) is 23.5 Å². The number of aromatic nitrogens is 3. The van der Waals surface area contributed by atoms with Crippen LogP contribution in [-0.2, 0) is 4.74 Å². The molecule has 5 rings (SSSR count). The molecular formula is C20H21N5O3S. The fourth-order valence-electron chi connectivity index (χ4n) is 3.68. The number of amides is 1. The van der Waals surface area contributed by atoms with E-state index in [0.717, 1.165) is 29.2 Å². The van der Waals surface area contributed by atoms with Crippen molar-refractivity contribution in [3.05, 3.63) is 42.4 Å². The molecule has 0 bridgehead atoms. The van der Waals surface area contributed by atoms with E-state index in [0.29, 0.717) is 25.0 Å². The van der Waals surface area contributed by atoms with Crippen LogP contribution in [0.25, 0.3) is 10.2 Å². The molecule has 1 aromatic carbocycles. The summed E-state index contributed by atoms with van der Waals surface area (Å²) in [7, 11) is 1.39. The smallest absolute Gasteiger partial charge is 0.409 e. The van der Waals surface area contributed by atoms with Crippen LogP contribution in [0.3, 0.4) is 0 Å². The molecule has 29 heavy (non-hydrogen) atoms. The van der Waals surface area contributed by atoms with Gasteiger partial charge in [0, 0.05) is 50.3 Å². The quantitative estimate of drug-likeness (QED) is 0.689. The number of likely N-dealkylation sites (tertiary alicyclic amines) is 1. The Morgan fingerprint density at radius 3 is 2.79 bits per heavy atom. The predicted molar refractivity (Wildman–Crippen MR) is 109 cm³/mol. The number of carbonyl (C=O) groups excluding carboxylic acids is 1. The van der Waals surface area contributed by atoms with Crippen molar-refractivity contribution < 1.29 is 14.3 Å². The zero-order valence-electron chi connectivity index (χ0n) is 15.9. The maximum atomic E-state index is 11.6. The first-order chi connectivity index (χ1) is 14.2. The van der Waals surface area contributed by atoms with E-state index in [1.54, 1.807) is 28.6 Å². The molecule has 9 heteroatoms. The van der Waals surface area contributed by atoms with E-state index in [4.69, 9.17) is 9.47 Å².